The number of amides is 1. The van der Waals surface area contributed by atoms with Gasteiger partial charge in [0.1, 0.15) is 0 Å². The lowest BCUT2D eigenvalue weighted by atomic mass is 10.1. The summed E-state index contributed by atoms with van der Waals surface area (Å²) in [6.45, 7) is 1.87. The van der Waals surface area contributed by atoms with Crippen molar-refractivity contribution in [1.82, 2.24) is 0 Å². The molecule has 0 bridgehead atoms. The second-order valence-electron chi connectivity index (χ2n) is 2.94. The first-order valence-corrected chi connectivity index (χ1v) is 5.31. The Morgan fingerprint density at radius 3 is 2.60 bits per heavy atom. The number of rotatable bonds is 3. The van der Waals surface area contributed by atoms with Gasteiger partial charge >= 0.3 is 0 Å². The number of hydrogen-bond acceptors (Lipinski definition) is 3. The molecule has 0 fully saturated rings. The SMILES string of the molecule is CCc1cc([N+](=O)[O-])cc(C(N)=O)c1I. The molecule has 0 saturated heterocycles. The van der Waals surface area contributed by atoms with Gasteiger partial charge in [-0.2, -0.15) is 0 Å². The summed E-state index contributed by atoms with van der Waals surface area (Å²) in [6, 6.07) is 2.68. The van der Waals surface area contributed by atoms with Crippen LogP contribution in [0.2, 0.25) is 0 Å². The summed E-state index contributed by atoms with van der Waals surface area (Å²) in [5.41, 5.74) is 6.02. The molecule has 0 saturated carbocycles. The zero-order chi connectivity index (χ0) is 11.6. The van der Waals surface area contributed by atoms with Gasteiger partial charge in [-0.1, -0.05) is 6.92 Å². The number of benzene rings is 1. The highest BCUT2D eigenvalue weighted by Gasteiger charge is 2.16. The van der Waals surface area contributed by atoms with Crippen LogP contribution in [0, 0.1) is 13.7 Å². The van der Waals surface area contributed by atoms with Crippen molar-refractivity contribution in [3.8, 4) is 0 Å². The fourth-order valence-corrected chi connectivity index (χ4v) is 2.17. The highest BCUT2D eigenvalue weighted by molar-refractivity contribution is 14.1. The first-order chi connectivity index (χ1) is 6.97. The maximum Gasteiger partial charge on any atom is 0.270 e. The number of carbonyl (C=O) groups is 1. The van der Waals surface area contributed by atoms with Crippen LogP contribution in [0.3, 0.4) is 0 Å². The number of primary amides is 1. The second kappa shape index (κ2) is 4.56. The Balaban J connectivity index is 3.45. The molecule has 1 rings (SSSR count). The van der Waals surface area contributed by atoms with Crippen molar-refractivity contribution in [2.45, 2.75) is 13.3 Å². The molecule has 0 atom stereocenters. The molecule has 2 N–H and O–H groups in total. The van der Waals surface area contributed by atoms with Crippen LogP contribution in [0.25, 0.3) is 0 Å². The number of nitro benzene ring substituents is 1. The van der Waals surface area contributed by atoms with Crippen molar-refractivity contribution < 1.29 is 9.72 Å². The Morgan fingerprint density at radius 1 is 1.60 bits per heavy atom. The third-order valence-corrected chi connectivity index (χ3v) is 3.26. The number of aryl methyl sites for hydroxylation is 1. The van der Waals surface area contributed by atoms with Crippen molar-refractivity contribution in [2.75, 3.05) is 0 Å². The summed E-state index contributed by atoms with van der Waals surface area (Å²) in [5.74, 6) is -0.641. The minimum atomic E-state index is -0.641. The molecule has 0 aliphatic rings. The topological polar surface area (TPSA) is 86.2 Å². The molecule has 1 aromatic carbocycles. The zero-order valence-corrected chi connectivity index (χ0v) is 10.1. The Bertz CT molecular complexity index is 432. The molecule has 6 heteroatoms. The standard InChI is InChI=1S/C9H9IN2O3/c1-2-5-3-6(12(14)15)4-7(8(5)10)9(11)13/h3-4H,2H2,1H3,(H2,11,13). The monoisotopic (exact) mass is 320 g/mol. The Labute approximate surface area is 99.9 Å². The largest absolute Gasteiger partial charge is 0.366 e. The molecule has 0 radical (unpaired) electrons. The highest BCUT2D eigenvalue weighted by Crippen LogP contribution is 2.24. The molecule has 1 amide bonds. The third kappa shape index (κ3) is 2.44. The quantitative estimate of drug-likeness (QED) is 0.524. The molecule has 15 heavy (non-hydrogen) atoms. The molecule has 0 unspecified atom stereocenters. The summed E-state index contributed by atoms with van der Waals surface area (Å²) in [4.78, 5) is 21.1. The number of carbonyl (C=O) groups excluding carboxylic acids is 1. The van der Waals surface area contributed by atoms with Crippen molar-refractivity contribution in [3.05, 3.63) is 36.9 Å². The van der Waals surface area contributed by atoms with E-state index in [0.29, 0.717) is 9.99 Å². The minimum Gasteiger partial charge on any atom is -0.366 e. The summed E-state index contributed by atoms with van der Waals surface area (Å²) < 4.78 is 0.688. The van der Waals surface area contributed by atoms with E-state index in [1.165, 1.54) is 12.1 Å². The van der Waals surface area contributed by atoms with Gasteiger partial charge in [0.15, 0.2) is 0 Å². The maximum atomic E-state index is 11.1. The summed E-state index contributed by atoms with van der Waals surface area (Å²) in [5, 5.41) is 10.6. The first-order valence-electron chi connectivity index (χ1n) is 4.24. The van der Waals surface area contributed by atoms with Gasteiger partial charge in [0, 0.05) is 15.7 Å². The van der Waals surface area contributed by atoms with E-state index >= 15 is 0 Å². The molecule has 0 spiro atoms. The second-order valence-corrected chi connectivity index (χ2v) is 4.02. The van der Waals surface area contributed by atoms with E-state index in [4.69, 9.17) is 5.73 Å². The minimum absolute atomic E-state index is 0.0962. The van der Waals surface area contributed by atoms with Gasteiger partial charge in [-0.25, -0.2) is 0 Å². The van der Waals surface area contributed by atoms with E-state index in [1.54, 1.807) is 0 Å². The summed E-state index contributed by atoms with van der Waals surface area (Å²) in [7, 11) is 0. The van der Waals surface area contributed by atoms with Crippen molar-refractivity contribution in [1.29, 1.82) is 0 Å². The molecule has 0 aliphatic heterocycles. The smallest absolute Gasteiger partial charge is 0.270 e. The average molecular weight is 320 g/mol. The van der Waals surface area contributed by atoms with Gasteiger partial charge in [0.2, 0.25) is 5.91 Å². The molecule has 0 aliphatic carbocycles. The van der Waals surface area contributed by atoms with Crippen LogP contribution in [0.5, 0.6) is 0 Å². The van der Waals surface area contributed by atoms with E-state index in [0.717, 1.165) is 5.56 Å². The molecule has 0 heterocycles. The number of nitrogens with zero attached hydrogens (tertiary/aromatic N) is 1. The zero-order valence-electron chi connectivity index (χ0n) is 7.99. The predicted octanol–water partition coefficient (Wildman–Crippen LogP) is 1.86. The molecule has 80 valence electrons. The Hall–Kier alpha value is -1.18. The number of non-ortho nitro benzene ring substituents is 1. The number of halogens is 1. The number of hydrogen-bond donors (Lipinski definition) is 1. The van der Waals surface area contributed by atoms with Crippen LogP contribution in [0.1, 0.15) is 22.8 Å². The average Bonchev–Trinajstić information content (AvgIpc) is 2.17. The van der Waals surface area contributed by atoms with Crippen LogP contribution in [-0.2, 0) is 6.42 Å². The van der Waals surface area contributed by atoms with Gasteiger partial charge in [-0.3, -0.25) is 14.9 Å². The summed E-state index contributed by atoms with van der Waals surface area (Å²) >= 11 is 1.97. The van der Waals surface area contributed by atoms with E-state index in [2.05, 4.69) is 0 Å². The molecular formula is C9H9IN2O3. The van der Waals surface area contributed by atoms with Gasteiger partial charge < -0.3 is 5.73 Å². The molecule has 0 aromatic heterocycles. The van der Waals surface area contributed by atoms with Crippen molar-refractivity contribution in [2.24, 2.45) is 5.73 Å². The predicted molar refractivity (Wildman–Crippen MR) is 63.7 cm³/mol. The molecule has 1 aromatic rings. The van der Waals surface area contributed by atoms with Crippen LogP contribution in [0.15, 0.2) is 12.1 Å². The van der Waals surface area contributed by atoms with Crippen LogP contribution >= 0.6 is 22.6 Å². The van der Waals surface area contributed by atoms with Gasteiger partial charge in [-0.05, 0) is 34.6 Å². The first kappa shape index (κ1) is 11.9. The Morgan fingerprint density at radius 2 is 2.20 bits per heavy atom. The van der Waals surface area contributed by atoms with Gasteiger partial charge in [0.05, 0.1) is 10.5 Å². The fourth-order valence-electron chi connectivity index (χ4n) is 1.21. The molecular weight excluding hydrogens is 311 g/mol. The Kier molecular flexibility index (Phi) is 3.61. The maximum absolute atomic E-state index is 11.1. The van der Waals surface area contributed by atoms with Crippen molar-refractivity contribution in [3.63, 3.8) is 0 Å². The fraction of sp³-hybridized carbons (Fsp3) is 0.222. The van der Waals surface area contributed by atoms with Gasteiger partial charge in [-0.15, -0.1) is 0 Å². The lowest BCUT2D eigenvalue weighted by molar-refractivity contribution is -0.385. The lowest BCUT2D eigenvalue weighted by Crippen LogP contribution is -2.14. The van der Waals surface area contributed by atoms with E-state index in [9.17, 15) is 14.9 Å². The number of nitrogens with two attached hydrogens (primary N) is 1. The van der Waals surface area contributed by atoms with Crippen LogP contribution in [0.4, 0.5) is 5.69 Å². The lowest BCUT2D eigenvalue weighted by Gasteiger charge is -2.05. The van der Waals surface area contributed by atoms with E-state index in [1.807, 2.05) is 29.5 Å². The van der Waals surface area contributed by atoms with E-state index in [-0.39, 0.29) is 11.3 Å². The normalized spacial score (nSPS) is 10.0. The van der Waals surface area contributed by atoms with E-state index < -0.39 is 10.8 Å². The van der Waals surface area contributed by atoms with Crippen molar-refractivity contribution >= 4 is 34.2 Å². The highest BCUT2D eigenvalue weighted by atomic mass is 127. The third-order valence-electron chi connectivity index (χ3n) is 1.99. The van der Waals surface area contributed by atoms with Crippen LogP contribution < -0.4 is 5.73 Å². The molecule has 5 nitrogen and oxygen atoms in total. The summed E-state index contributed by atoms with van der Waals surface area (Å²) in [6.07, 6.45) is 0.625. The van der Waals surface area contributed by atoms with Crippen LogP contribution in [-0.4, -0.2) is 10.8 Å². The van der Waals surface area contributed by atoms with Gasteiger partial charge in [0.25, 0.3) is 5.69 Å². The number of nitro groups is 1.